The fourth-order valence-electron chi connectivity index (χ4n) is 9.67. The molecule has 6 bridgehead atoms. The van der Waals surface area contributed by atoms with E-state index in [0.29, 0.717) is 65.6 Å². The molecule has 0 radical (unpaired) electrons. The molecule has 0 spiro atoms. The first-order valence-corrected chi connectivity index (χ1v) is 20.0. The number of pyridine rings is 1. The van der Waals surface area contributed by atoms with Crippen LogP contribution in [0.3, 0.4) is 0 Å². The highest BCUT2D eigenvalue weighted by Crippen LogP contribution is 2.42. The zero-order valence-electron chi connectivity index (χ0n) is 32.6. The molecule has 1 N–H and O–H groups in total. The number of carbonyl (C=O) groups excluding carboxylic acids is 2. The third kappa shape index (κ3) is 6.79. The summed E-state index contributed by atoms with van der Waals surface area (Å²) in [5.74, 6) is -1.22. The molecule has 10 rings (SSSR count). The summed E-state index contributed by atoms with van der Waals surface area (Å²) in [6.07, 6.45) is 7.09. The summed E-state index contributed by atoms with van der Waals surface area (Å²) < 4.78 is 51.6. The van der Waals surface area contributed by atoms with Crippen molar-refractivity contribution in [2.75, 3.05) is 44.3 Å². The number of hydrogen-bond donors (Lipinski definition) is 1. The molecule has 5 aliphatic rings. The van der Waals surface area contributed by atoms with E-state index in [4.69, 9.17) is 29.2 Å². The van der Waals surface area contributed by atoms with Crippen LogP contribution in [0.25, 0.3) is 32.9 Å². The van der Waals surface area contributed by atoms with E-state index < -0.39 is 29.2 Å². The quantitative estimate of drug-likeness (QED) is 0.139. The zero-order chi connectivity index (χ0) is 39.5. The van der Waals surface area contributed by atoms with E-state index in [0.717, 1.165) is 56.3 Å². The highest BCUT2D eigenvalue weighted by Gasteiger charge is 2.45. The third-order valence-corrected chi connectivity index (χ3v) is 12.4. The van der Waals surface area contributed by atoms with Crippen molar-refractivity contribution in [3.63, 3.8) is 0 Å². The molecule has 11 nitrogen and oxygen atoms in total. The highest BCUT2D eigenvalue weighted by atomic mass is 19.1. The molecule has 3 saturated heterocycles. The first-order valence-electron chi connectivity index (χ1n) is 20.0. The average molecular weight is 777 g/mol. The number of aromatic nitrogens is 3. The van der Waals surface area contributed by atoms with Crippen molar-refractivity contribution in [1.29, 1.82) is 0 Å². The van der Waals surface area contributed by atoms with Gasteiger partial charge in [0.25, 0.3) is 0 Å². The van der Waals surface area contributed by atoms with Gasteiger partial charge in [-0.15, -0.1) is 0 Å². The van der Waals surface area contributed by atoms with Crippen LogP contribution < -0.4 is 19.7 Å². The largest absolute Gasteiger partial charge is 0.461 e. The molecule has 1 atom stereocenters. The predicted molar refractivity (Wildman–Crippen MR) is 212 cm³/mol. The van der Waals surface area contributed by atoms with Gasteiger partial charge in [-0.05, 0) is 131 Å². The normalized spacial score (nSPS) is 20.7. The molecule has 5 aromatic rings. The van der Waals surface area contributed by atoms with Gasteiger partial charge in [-0.1, -0.05) is 24.3 Å². The number of hydrogen-bond acceptors (Lipinski definition) is 10. The van der Waals surface area contributed by atoms with Crippen molar-refractivity contribution in [3.8, 4) is 23.0 Å². The van der Waals surface area contributed by atoms with E-state index >= 15 is 8.78 Å². The Hall–Kier alpha value is -5.43. The lowest BCUT2D eigenvalue weighted by molar-refractivity contribution is 0.0733. The number of alkyl carbamates (subject to hydrolysis) is 1. The average Bonchev–Trinajstić information content (AvgIpc) is 3.77. The summed E-state index contributed by atoms with van der Waals surface area (Å²) in [7, 11) is 0. The smallest absolute Gasteiger partial charge is 0.407 e. The molecule has 0 aliphatic carbocycles. The number of piperidine rings is 1. The Labute approximate surface area is 329 Å². The Morgan fingerprint density at radius 1 is 0.982 bits per heavy atom. The molecule has 2 aromatic heterocycles. The second kappa shape index (κ2) is 14.5. The number of ether oxygens (including phenoxy) is 3. The number of nitrogens with one attached hydrogen (secondary N) is 1. The van der Waals surface area contributed by atoms with Crippen LogP contribution in [-0.4, -0.2) is 82.4 Å². The standard InChI is InChI=1S/C44H46F2N6O5/c1-26-9-4-10-27(2)34(26)40(53)57-29-21-28-12-13-33(45)30-11-5-20-55-42(54)50-43(3)14-6-17-51(24-43)39-32-23-47-37(31(22-29)35(28)30)36(46)38(32)48-41(49-39)56-25-44-15-7-18-52(44)19-8-16-44/h4,9-10,12-13,21-23H,5-8,11,14-20,24-25H2,1-3H3,(H,50,54). The number of fused-ring (bicyclic) bond motifs is 7. The Kier molecular flexibility index (Phi) is 9.45. The maximum atomic E-state index is 17.6. The van der Waals surface area contributed by atoms with Crippen molar-refractivity contribution in [2.24, 2.45) is 0 Å². The van der Waals surface area contributed by atoms with Gasteiger partial charge in [-0.25, -0.2) is 18.4 Å². The van der Waals surface area contributed by atoms with Crippen molar-refractivity contribution < 1.29 is 32.6 Å². The molecule has 0 saturated carbocycles. The van der Waals surface area contributed by atoms with Crippen LogP contribution in [0.4, 0.5) is 19.4 Å². The first kappa shape index (κ1) is 37.2. The van der Waals surface area contributed by atoms with Gasteiger partial charge in [-0.3, -0.25) is 9.88 Å². The number of benzene rings is 3. The number of amides is 1. The van der Waals surface area contributed by atoms with E-state index in [1.807, 2.05) is 43.9 Å². The summed E-state index contributed by atoms with van der Waals surface area (Å²) in [6, 6.07) is 11.7. The topological polar surface area (TPSA) is 119 Å². The first-order chi connectivity index (χ1) is 27.5. The van der Waals surface area contributed by atoms with E-state index in [2.05, 4.69) is 10.2 Å². The van der Waals surface area contributed by atoms with Gasteiger partial charge in [0.1, 0.15) is 35.2 Å². The lowest BCUT2D eigenvalue weighted by atomic mass is 9.91. The van der Waals surface area contributed by atoms with Gasteiger partial charge in [0.2, 0.25) is 0 Å². The molecule has 5 aliphatic heterocycles. The van der Waals surface area contributed by atoms with Crippen LogP contribution in [0.15, 0.2) is 48.7 Å². The van der Waals surface area contributed by atoms with Gasteiger partial charge in [0.15, 0.2) is 5.82 Å². The summed E-state index contributed by atoms with van der Waals surface area (Å²) in [5, 5.41) is 4.35. The van der Waals surface area contributed by atoms with E-state index in [-0.39, 0.29) is 47.1 Å². The fraction of sp³-hybridized carbons (Fsp3) is 0.432. The minimum absolute atomic E-state index is 0.000183. The molecule has 1 unspecified atom stereocenters. The molecule has 7 heterocycles. The summed E-state index contributed by atoms with van der Waals surface area (Å²) >= 11 is 0. The lowest BCUT2D eigenvalue weighted by Gasteiger charge is -2.41. The maximum absolute atomic E-state index is 17.6. The number of halogens is 2. The van der Waals surface area contributed by atoms with Gasteiger partial charge < -0.3 is 24.4 Å². The van der Waals surface area contributed by atoms with Crippen LogP contribution >= 0.6 is 0 Å². The van der Waals surface area contributed by atoms with Gasteiger partial charge in [0, 0.05) is 24.8 Å². The number of anilines is 1. The molecular formula is C44H46F2N6O5. The van der Waals surface area contributed by atoms with Crippen LogP contribution in [0.1, 0.15) is 78.9 Å². The second-order valence-electron chi connectivity index (χ2n) is 16.4. The Morgan fingerprint density at radius 3 is 2.54 bits per heavy atom. The monoisotopic (exact) mass is 776 g/mol. The minimum atomic E-state index is -0.738. The number of nitrogens with zero attached hydrogens (tertiary/aromatic N) is 5. The Balaban J connectivity index is 1.23. The SMILES string of the molecule is Cc1cccc(C)c1C(=O)Oc1cc2c3c(c(F)ccc3c1)CCCOC(=O)NC1(C)CCCN(C1)c1nc(OCC34CCCN3CCC4)nc3c(F)c-2ncc13. The van der Waals surface area contributed by atoms with Crippen LogP contribution in [0, 0.1) is 25.5 Å². The van der Waals surface area contributed by atoms with E-state index in [9.17, 15) is 9.59 Å². The summed E-state index contributed by atoms with van der Waals surface area (Å²) in [4.78, 5) is 45.7. The molecule has 3 aromatic carbocycles. The molecular weight excluding hydrogens is 731 g/mol. The Bertz CT molecular complexity index is 2410. The molecule has 13 heteroatoms. The van der Waals surface area contributed by atoms with Crippen molar-refractivity contribution in [1.82, 2.24) is 25.2 Å². The van der Waals surface area contributed by atoms with Gasteiger partial charge in [0.05, 0.1) is 28.6 Å². The van der Waals surface area contributed by atoms with Crippen LogP contribution in [-0.2, 0) is 11.2 Å². The molecule has 3 fully saturated rings. The van der Waals surface area contributed by atoms with Crippen LogP contribution in [0.5, 0.6) is 11.8 Å². The molecule has 296 valence electrons. The van der Waals surface area contributed by atoms with Crippen molar-refractivity contribution >= 4 is 39.6 Å². The number of aryl methyl sites for hydroxylation is 3. The minimum Gasteiger partial charge on any atom is -0.461 e. The third-order valence-electron chi connectivity index (χ3n) is 12.4. The fourth-order valence-corrected chi connectivity index (χ4v) is 9.67. The number of rotatable bonds is 5. The van der Waals surface area contributed by atoms with Crippen molar-refractivity contribution in [3.05, 3.63) is 82.5 Å². The van der Waals surface area contributed by atoms with Crippen LogP contribution in [0.2, 0.25) is 0 Å². The second-order valence-corrected chi connectivity index (χ2v) is 16.4. The molecule has 57 heavy (non-hydrogen) atoms. The predicted octanol–water partition coefficient (Wildman–Crippen LogP) is 8.00. The molecule has 1 amide bonds. The number of carbonyl (C=O) groups is 2. The maximum Gasteiger partial charge on any atom is 0.407 e. The van der Waals surface area contributed by atoms with E-state index in [1.54, 1.807) is 18.3 Å². The highest BCUT2D eigenvalue weighted by molar-refractivity contribution is 6.03. The van der Waals surface area contributed by atoms with E-state index in [1.165, 1.54) is 12.1 Å². The lowest BCUT2D eigenvalue weighted by Crippen LogP contribution is -2.57. The Morgan fingerprint density at radius 2 is 1.75 bits per heavy atom. The summed E-state index contributed by atoms with van der Waals surface area (Å²) in [5.41, 5.74) is 1.59. The van der Waals surface area contributed by atoms with Crippen molar-refractivity contribution in [2.45, 2.75) is 83.2 Å². The van der Waals surface area contributed by atoms with Gasteiger partial charge >= 0.3 is 18.1 Å². The van der Waals surface area contributed by atoms with Gasteiger partial charge in [-0.2, -0.15) is 9.97 Å². The zero-order valence-corrected chi connectivity index (χ0v) is 32.6. The number of esters is 1. The summed E-state index contributed by atoms with van der Waals surface area (Å²) in [6.45, 7) is 9.06.